The van der Waals surface area contributed by atoms with Gasteiger partial charge in [0.25, 0.3) is 15.0 Å². The van der Waals surface area contributed by atoms with Crippen LogP contribution in [0.15, 0.2) is 0 Å². The molecule has 0 rings (SSSR count). The van der Waals surface area contributed by atoms with E-state index >= 15 is 0 Å². The largest absolute Gasteiger partial charge is 0.393 e. The highest BCUT2D eigenvalue weighted by atomic mass is 31.2. The first kappa shape index (κ1) is 27.2. The molecule has 4 atom stereocenters. The fraction of sp³-hybridized carbons (Fsp3) is 1.00. The zero-order chi connectivity index (χ0) is 21.5. The Kier molecular flexibility index (Phi) is 10.9. The van der Waals surface area contributed by atoms with Crippen LogP contribution in [-0.4, -0.2) is 42.5 Å². The average molecular weight is 430 g/mol. The van der Waals surface area contributed by atoms with Gasteiger partial charge >= 0.3 is 0 Å². The molecule has 0 aromatic rings. The third-order valence-electron chi connectivity index (χ3n) is 5.46. The summed E-state index contributed by atoms with van der Waals surface area (Å²) in [6.07, 6.45) is 3.92. The first-order valence-electron chi connectivity index (χ1n) is 9.59. The Morgan fingerprint density at radius 3 is 1.22 bits per heavy atom. The molecular formula is C17H40N2O6P2. The van der Waals surface area contributed by atoms with Gasteiger partial charge in [0.1, 0.15) is 0 Å². The van der Waals surface area contributed by atoms with Crippen LogP contribution < -0.4 is 11.0 Å². The van der Waals surface area contributed by atoms with Crippen molar-refractivity contribution in [2.24, 2.45) is 11.0 Å². The Balaban J connectivity index is 3.96. The van der Waals surface area contributed by atoms with Gasteiger partial charge in [0.15, 0.2) is 0 Å². The zero-order valence-corrected chi connectivity index (χ0v) is 19.0. The van der Waals surface area contributed by atoms with Crippen molar-refractivity contribution in [3.05, 3.63) is 0 Å². The van der Waals surface area contributed by atoms with Gasteiger partial charge in [-0.25, -0.2) is 0 Å². The van der Waals surface area contributed by atoms with Gasteiger partial charge in [0.2, 0.25) is 0 Å². The highest BCUT2D eigenvalue weighted by Gasteiger charge is 2.35. The molecule has 0 radical (unpaired) electrons. The molecule has 10 heteroatoms. The van der Waals surface area contributed by atoms with Crippen LogP contribution >= 0.6 is 15.0 Å². The van der Waals surface area contributed by atoms with E-state index in [2.05, 4.69) is 0 Å². The third kappa shape index (κ3) is 10.5. The fourth-order valence-corrected chi connectivity index (χ4v) is 3.70. The van der Waals surface area contributed by atoms with E-state index in [4.69, 9.17) is 11.0 Å². The SMILES string of the molecule is CC(C)(CCCC(O)CCCC(O)CCCC(C)(C)P(N)(=O)O)P(N)(=O)O. The van der Waals surface area contributed by atoms with Crippen molar-refractivity contribution >= 4 is 15.0 Å². The number of nitrogens with two attached hydrogens (primary N) is 2. The molecule has 0 amide bonds. The van der Waals surface area contributed by atoms with Crippen LogP contribution in [0.1, 0.15) is 85.5 Å². The molecule has 0 saturated carbocycles. The van der Waals surface area contributed by atoms with Crippen molar-refractivity contribution in [2.45, 2.75) is 108 Å². The molecule has 0 aromatic carbocycles. The van der Waals surface area contributed by atoms with E-state index in [1.54, 1.807) is 27.7 Å². The van der Waals surface area contributed by atoms with Crippen LogP contribution in [0.2, 0.25) is 0 Å². The number of aliphatic hydroxyl groups excluding tert-OH is 2. The molecule has 0 heterocycles. The molecular weight excluding hydrogens is 390 g/mol. The van der Waals surface area contributed by atoms with E-state index in [0.29, 0.717) is 57.8 Å². The Hall–Kier alpha value is 0.220. The molecule has 27 heavy (non-hydrogen) atoms. The van der Waals surface area contributed by atoms with Crippen molar-refractivity contribution < 1.29 is 29.1 Å². The zero-order valence-electron chi connectivity index (χ0n) is 17.2. The van der Waals surface area contributed by atoms with Crippen LogP contribution in [0.5, 0.6) is 0 Å². The smallest absolute Gasteiger partial charge is 0.270 e. The maximum atomic E-state index is 11.6. The van der Waals surface area contributed by atoms with Crippen LogP contribution in [0.4, 0.5) is 0 Å². The summed E-state index contributed by atoms with van der Waals surface area (Å²) < 4.78 is 23.1. The lowest BCUT2D eigenvalue weighted by atomic mass is 9.98. The summed E-state index contributed by atoms with van der Waals surface area (Å²) in [5.41, 5.74) is 10.6. The Labute approximate surface area is 163 Å². The maximum absolute atomic E-state index is 11.6. The normalized spacial score (nSPS) is 19.9. The standard InChI is InChI=1S/C17H40N2O6P2/c1-16(2,26(18,22)23)12-6-10-14(20)8-5-9-15(21)11-7-13-17(3,4)27(19,24)25/h14-15,20-21H,5-13H2,1-4H3,(H3,18,22,23)(H3,19,24,25). The van der Waals surface area contributed by atoms with Crippen LogP contribution in [0.3, 0.4) is 0 Å². The molecule has 0 bridgehead atoms. The van der Waals surface area contributed by atoms with E-state index in [-0.39, 0.29) is 0 Å². The minimum Gasteiger partial charge on any atom is -0.393 e. The summed E-state index contributed by atoms with van der Waals surface area (Å²) in [6, 6.07) is 0. The number of hydrogen-bond donors (Lipinski definition) is 6. The summed E-state index contributed by atoms with van der Waals surface area (Å²) in [6.45, 7) is 6.60. The van der Waals surface area contributed by atoms with Crippen LogP contribution in [0.25, 0.3) is 0 Å². The quantitative estimate of drug-likeness (QED) is 0.229. The van der Waals surface area contributed by atoms with Gasteiger partial charge in [-0.2, -0.15) is 0 Å². The lowest BCUT2D eigenvalue weighted by Gasteiger charge is -2.27. The second kappa shape index (κ2) is 10.8. The van der Waals surface area contributed by atoms with Crippen molar-refractivity contribution in [1.29, 1.82) is 0 Å². The fourth-order valence-electron chi connectivity index (χ4n) is 2.74. The first-order chi connectivity index (χ1) is 12.0. The van der Waals surface area contributed by atoms with Crippen molar-refractivity contribution in [3.8, 4) is 0 Å². The lowest BCUT2D eigenvalue weighted by Crippen LogP contribution is -2.25. The predicted octanol–water partition coefficient (Wildman–Crippen LogP) is 3.06. The first-order valence-corrected chi connectivity index (χ1v) is 13.0. The van der Waals surface area contributed by atoms with E-state index < -0.39 is 37.6 Å². The summed E-state index contributed by atoms with van der Waals surface area (Å²) in [5.74, 6) is 0. The third-order valence-corrected chi connectivity index (χ3v) is 9.38. The molecule has 0 spiro atoms. The van der Waals surface area contributed by atoms with Crippen molar-refractivity contribution in [2.75, 3.05) is 0 Å². The van der Waals surface area contributed by atoms with Gasteiger partial charge in [-0.05, 0) is 85.5 Å². The van der Waals surface area contributed by atoms with Gasteiger partial charge in [0.05, 0.1) is 22.5 Å². The average Bonchev–Trinajstić information content (AvgIpc) is 2.44. The minimum atomic E-state index is -3.65. The highest BCUT2D eigenvalue weighted by molar-refractivity contribution is 7.57. The van der Waals surface area contributed by atoms with E-state index in [1.807, 2.05) is 0 Å². The number of aliphatic hydroxyl groups is 2. The summed E-state index contributed by atoms with van der Waals surface area (Å²) in [7, 11) is -7.30. The molecule has 0 aliphatic rings. The van der Waals surface area contributed by atoms with Gasteiger partial charge in [0, 0.05) is 0 Å². The van der Waals surface area contributed by atoms with E-state index in [9.17, 15) is 29.1 Å². The topological polar surface area (TPSA) is 167 Å². The second-order valence-electron chi connectivity index (χ2n) is 8.89. The van der Waals surface area contributed by atoms with Gasteiger partial charge in [-0.1, -0.05) is 0 Å². The Bertz CT molecular complexity index is 484. The van der Waals surface area contributed by atoms with Crippen molar-refractivity contribution in [3.63, 3.8) is 0 Å². The minimum absolute atomic E-state index is 0.461. The molecule has 0 aromatic heterocycles. The highest BCUT2D eigenvalue weighted by Crippen LogP contribution is 2.50. The molecule has 0 saturated heterocycles. The van der Waals surface area contributed by atoms with Gasteiger partial charge in [-0.15, -0.1) is 0 Å². The summed E-state index contributed by atoms with van der Waals surface area (Å²) in [4.78, 5) is 19.0. The van der Waals surface area contributed by atoms with Gasteiger partial charge in [-0.3, -0.25) is 20.1 Å². The second-order valence-corrected chi connectivity index (χ2v) is 13.8. The van der Waals surface area contributed by atoms with E-state index in [0.717, 1.165) is 0 Å². The number of hydrogen-bond acceptors (Lipinski definition) is 4. The molecule has 164 valence electrons. The Morgan fingerprint density at radius 1 is 0.704 bits per heavy atom. The molecule has 8 nitrogen and oxygen atoms in total. The van der Waals surface area contributed by atoms with E-state index in [1.165, 1.54) is 0 Å². The predicted molar refractivity (Wildman–Crippen MR) is 110 cm³/mol. The summed E-state index contributed by atoms with van der Waals surface area (Å²) in [5, 5.41) is 18.3. The Morgan fingerprint density at radius 2 is 0.963 bits per heavy atom. The molecule has 0 fully saturated rings. The molecule has 0 aliphatic heterocycles. The number of rotatable bonds is 14. The summed E-state index contributed by atoms with van der Waals surface area (Å²) >= 11 is 0. The molecule has 8 N–H and O–H groups in total. The monoisotopic (exact) mass is 430 g/mol. The van der Waals surface area contributed by atoms with Crippen LogP contribution in [-0.2, 0) is 9.13 Å². The van der Waals surface area contributed by atoms with Crippen molar-refractivity contribution in [1.82, 2.24) is 0 Å². The lowest BCUT2D eigenvalue weighted by molar-refractivity contribution is 0.120. The molecule has 0 aliphatic carbocycles. The van der Waals surface area contributed by atoms with Gasteiger partial charge < -0.3 is 20.0 Å². The molecule has 4 unspecified atom stereocenters. The van der Waals surface area contributed by atoms with Crippen LogP contribution in [0, 0.1) is 0 Å². The maximum Gasteiger partial charge on any atom is 0.270 e.